The Balaban J connectivity index is 2.28. The second kappa shape index (κ2) is 5.07. The van der Waals surface area contributed by atoms with Gasteiger partial charge >= 0.3 is 5.69 Å². The zero-order valence-corrected chi connectivity index (χ0v) is 10.7. The largest absolute Gasteiger partial charge is 0.393 e. The maximum atomic E-state index is 11.0. The van der Waals surface area contributed by atoms with Gasteiger partial charge in [0.05, 0.1) is 11.0 Å². The van der Waals surface area contributed by atoms with Gasteiger partial charge < -0.3 is 10.0 Å². The van der Waals surface area contributed by atoms with E-state index in [1.54, 1.807) is 11.8 Å². The van der Waals surface area contributed by atoms with E-state index in [4.69, 9.17) is 11.6 Å². The van der Waals surface area contributed by atoms with Crippen molar-refractivity contribution >= 4 is 23.1 Å². The van der Waals surface area contributed by atoms with Crippen molar-refractivity contribution in [3.8, 4) is 0 Å². The highest BCUT2D eigenvalue weighted by atomic mass is 35.5. The Labute approximate surface area is 109 Å². The van der Waals surface area contributed by atoms with Crippen molar-refractivity contribution in [1.29, 1.82) is 0 Å². The smallest absolute Gasteiger partial charge is 0.311 e. The maximum Gasteiger partial charge on any atom is 0.311 e. The molecule has 0 spiro atoms. The van der Waals surface area contributed by atoms with Crippen LogP contribution >= 0.6 is 11.6 Å². The van der Waals surface area contributed by atoms with Crippen molar-refractivity contribution in [3.63, 3.8) is 0 Å². The summed E-state index contributed by atoms with van der Waals surface area (Å²) in [6, 6.07) is 2.77. The van der Waals surface area contributed by atoms with E-state index in [-0.39, 0.29) is 22.6 Å². The molecule has 0 aromatic carbocycles. The van der Waals surface area contributed by atoms with Crippen molar-refractivity contribution in [2.24, 2.45) is 5.92 Å². The minimum absolute atomic E-state index is 0.0503. The molecule has 1 saturated heterocycles. The Hall–Kier alpha value is -1.40. The third kappa shape index (κ3) is 2.54. The number of halogens is 1. The van der Waals surface area contributed by atoms with Crippen molar-refractivity contribution in [2.75, 3.05) is 18.0 Å². The van der Waals surface area contributed by atoms with Gasteiger partial charge in [-0.25, -0.2) is 4.98 Å². The van der Waals surface area contributed by atoms with Crippen LogP contribution < -0.4 is 4.90 Å². The molecular weight excluding hydrogens is 258 g/mol. The molecule has 2 atom stereocenters. The van der Waals surface area contributed by atoms with Crippen LogP contribution in [0.2, 0.25) is 5.15 Å². The van der Waals surface area contributed by atoms with Crippen LogP contribution in [0, 0.1) is 16.0 Å². The fourth-order valence-corrected chi connectivity index (χ4v) is 2.31. The Bertz CT molecular complexity index is 467. The molecule has 1 aliphatic heterocycles. The first-order valence-electron chi connectivity index (χ1n) is 5.73. The minimum Gasteiger partial charge on any atom is -0.393 e. The van der Waals surface area contributed by atoms with Crippen molar-refractivity contribution in [2.45, 2.75) is 19.4 Å². The van der Waals surface area contributed by atoms with E-state index in [0.29, 0.717) is 13.1 Å². The predicted molar refractivity (Wildman–Crippen MR) is 67.9 cm³/mol. The number of nitro groups is 1. The molecule has 1 aromatic heterocycles. The van der Waals surface area contributed by atoms with Gasteiger partial charge in [-0.3, -0.25) is 10.1 Å². The summed E-state index contributed by atoms with van der Waals surface area (Å²) in [5.41, 5.74) is -0.0503. The predicted octanol–water partition coefficient (Wildman–Crippen LogP) is 1.85. The van der Waals surface area contributed by atoms with Crippen LogP contribution in [-0.2, 0) is 0 Å². The second-order valence-corrected chi connectivity index (χ2v) is 4.86. The van der Waals surface area contributed by atoms with Gasteiger partial charge in [-0.05, 0) is 19.4 Å². The summed E-state index contributed by atoms with van der Waals surface area (Å²) in [6.45, 7) is 2.93. The van der Waals surface area contributed by atoms with Gasteiger partial charge in [-0.15, -0.1) is 0 Å². The zero-order chi connectivity index (χ0) is 13.3. The molecule has 2 unspecified atom stereocenters. The van der Waals surface area contributed by atoms with E-state index in [0.717, 1.165) is 6.42 Å². The molecule has 0 aliphatic carbocycles. The van der Waals surface area contributed by atoms with Crippen LogP contribution in [0.4, 0.5) is 11.5 Å². The van der Waals surface area contributed by atoms with Crippen LogP contribution in [-0.4, -0.2) is 34.2 Å². The van der Waals surface area contributed by atoms with Gasteiger partial charge in [0.25, 0.3) is 0 Å². The molecular formula is C11H14ClN3O3. The number of pyridine rings is 1. The van der Waals surface area contributed by atoms with E-state index < -0.39 is 11.0 Å². The molecule has 98 valence electrons. The molecule has 18 heavy (non-hydrogen) atoms. The second-order valence-electron chi connectivity index (χ2n) is 4.47. The lowest BCUT2D eigenvalue weighted by atomic mass is 10.0. The number of aliphatic hydroxyl groups is 1. The number of hydrogen-bond acceptors (Lipinski definition) is 5. The molecule has 2 rings (SSSR count). The van der Waals surface area contributed by atoms with E-state index in [1.165, 1.54) is 12.1 Å². The van der Waals surface area contributed by atoms with Crippen LogP contribution in [0.25, 0.3) is 0 Å². The van der Waals surface area contributed by atoms with E-state index in [9.17, 15) is 15.2 Å². The highest BCUT2D eigenvalue weighted by molar-refractivity contribution is 6.29. The van der Waals surface area contributed by atoms with E-state index in [2.05, 4.69) is 4.98 Å². The first-order chi connectivity index (χ1) is 8.49. The van der Waals surface area contributed by atoms with Crippen LogP contribution in [0.15, 0.2) is 12.1 Å². The van der Waals surface area contributed by atoms with Crippen LogP contribution in [0.5, 0.6) is 0 Å². The molecule has 1 N–H and O–H groups in total. The molecule has 0 bridgehead atoms. The third-order valence-electron chi connectivity index (χ3n) is 3.22. The highest BCUT2D eigenvalue weighted by Gasteiger charge is 2.31. The Kier molecular flexibility index (Phi) is 3.68. The molecule has 1 aliphatic rings. The van der Waals surface area contributed by atoms with Gasteiger partial charge in [0, 0.05) is 25.1 Å². The van der Waals surface area contributed by atoms with Crippen LogP contribution in [0.3, 0.4) is 0 Å². The summed E-state index contributed by atoms with van der Waals surface area (Å²) in [6.07, 6.45) is 0.372. The number of nitrogens with zero attached hydrogens (tertiary/aromatic N) is 3. The van der Waals surface area contributed by atoms with Gasteiger partial charge in [0.15, 0.2) is 0 Å². The molecule has 6 nitrogen and oxygen atoms in total. The van der Waals surface area contributed by atoms with Crippen LogP contribution in [0.1, 0.15) is 13.3 Å². The standard InChI is InChI=1S/C11H14ClN3O3/c1-7(16)8-4-5-14(6-8)11-9(15(17)18)2-3-10(12)13-11/h2-3,7-8,16H,4-6H2,1H3. The number of aromatic nitrogens is 1. The lowest BCUT2D eigenvalue weighted by Crippen LogP contribution is -2.25. The summed E-state index contributed by atoms with van der Waals surface area (Å²) in [7, 11) is 0. The summed E-state index contributed by atoms with van der Waals surface area (Å²) in [5.74, 6) is 0.404. The van der Waals surface area contributed by atoms with Gasteiger partial charge in [-0.2, -0.15) is 0 Å². The third-order valence-corrected chi connectivity index (χ3v) is 3.43. The number of hydrogen-bond donors (Lipinski definition) is 1. The summed E-state index contributed by atoms with van der Waals surface area (Å²) in [5, 5.41) is 20.7. The molecule has 2 heterocycles. The monoisotopic (exact) mass is 271 g/mol. The normalized spacial score (nSPS) is 21.1. The lowest BCUT2D eigenvalue weighted by Gasteiger charge is -2.18. The fourth-order valence-electron chi connectivity index (χ4n) is 2.17. The first kappa shape index (κ1) is 13.0. The Morgan fingerprint density at radius 2 is 2.39 bits per heavy atom. The zero-order valence-electron chi connectivity index (χ0n) is 9.91. The number of anilines is 1. The SMILES string of the molecule is CC(O)C1CCN(c2nc(Cl)ccc2[N+](=O)[O-])C1. The van der Waals surface area contributed by atoms with Crippen molar-refractivity contribution < 1.29 is 10.0 Å². The Morgan fingerprint density at radius 3 is 2.94 bits per heavy atom. The van der Waals surface area contributed by atoms with Gasteiger partial charge in [0.2, 0.25) is 5.82 Å². The van der Waals surface area contributed by atoms with Gasteiger partial charge in [-0.1, -0.05) is 11.6 Å². The summed E-state index contributed by atoms with van der Waals surface area (Å²) in [4.78, 5) is 16.3. The van der Waals surface area contributed by atoms with Crippen molar-refractivity contribution in [3.05, 3.63) is 27.4 Å². The average Bonchev–Trinajstić information content (AvgIpc) is 2.77. The molecule has 1 fully saturated rings. The van der Waals surface area contributed by atoms with E-state index in [1.807, 2.05) is 0 Å². The van der Waals surface area contributed by atoms with Gasteiger partial charge in [0.1, 0.15) is 5.15 Å². The lowest BCUT2D eigenvalue weighted by molar-refractivity contribution is -0.384. The van der Waals surface area contributed by atoms with Crippen molar-refractivity contribution in [1.82, 2.24) is 4.98 Å². The summed E-state index contributed by atoms with van der Waals surface area (Å²) < 4.78 is 0. The summed E-state index contributed by atoms with van der Waals surface area (Å²) >= 11 is 5.79. The number of aliphatic hydroxyl groups excluding tert-OH is 1. The quantitative estimate of drug-likeness (QED) is 0.516. The molecule has 0 radical (unpaired) electrons. The Morgan fingerprint density at radius 1 is 1.67 bits per heavy atom. The number of rotatable bonds is 3. The van der Waals surface area contributed by atoms with E-state index >= 15 is 0 Å². The highest BCUT2D eigenvalue weighted by Crippen LogP contribution is 2.32. The molecule has 1 aromatic rings. The molecule has 0 saturated carbocycles. The molecule has 7 heteroatoms. The molecule has 0 amide bonds. The fraction of sp³-hybridized carbons (Fsp3) is 0.545. The first-order valence-corrected chi connectivity index (χ1v) is 6.11. The average molecular weight is 272 g/mol. The topological polar surface area (TPSA) is 79.5 Å². The minimum atomic E-state index is -0.464. The maximum absolute atomic E-state index is 11.0.